The molecule has 2 nitrogen and oxygen atoms in total. The molecule has 0 aliphatic rings. The number of nitrogens with zero attached hydrogens (tertiary/aromatic N) is 1. The molecular formula is C14H20N2. The average molecular weight is 216 g/mol. The van der Waals surface area contributed by atoms with Gasteiger partial charge in [0.1, 0.15) is 0 Å². The number of hydrogen-bond acceptors (Lipinski definition) is 2. The van der Waals surface area contributed by atoms with Crippen LogP contribution in [0.5, 0.6) is 0 Å². The lowest BCUT2D eigenvalue weighted by Crippen LogP contribution is -2.15. The Morgan fingerprint density at radius 1 is 1.12 bits per heavy atom. The van der Waals surface area contributed by atoms with Gasteiger partial charge < -0.3 is 5.32 Å². The van der Waals surface area contributed by atoms with Gasteiger partial charge in [0, 0.05) is 13.0 Å². The highest BCUT2D eigenvalue weighted by Crippen LogP contribution is 2.14. The monoisotopic (exact) mass is 216 g/mol. The summed E-state index contributed by atoms with van der Waals surface area (Å²) in [6.07, 6.45) is 1.57. The standard InChI is InChI=1S/C14H20N2/c1-11-8-13(3)14(9-12(11)2)10-16-7-5-4-6-15/h8-9,16H,4-5,7,10H2,1-3H3. The lowest BCUT2D eigenvalue weighted by molar-refractivity contribution is 0.655. The van der Waals surface area contributed by atoms with E-state index in [2.05, 4.69) is 44.3 Å². The second-order valence-electron chi connectivity index (χ2n) is 4.30. The fourth-order valence-electron chi connectivity index (χ4n) is 1.73. The maximum absolute atomic E-state index is 8.42. The van der Waals surface area contributed by atoms with Crippen LogP contribution in [0, 0.1) is 32.1 Å². The molecule has 86 valence electrons. The molecule has 0 bridgehead atoms. The topological polar surface area (TPSA) is 35.8 Å². The molecule has 0 fully saturated rings. The molecule has 0 aromatic heterocycles. The van der Waals surface area contributed by atoms with Gasteiger partial charge in [0.2, 0.25) is 0 Å². The largest absolute Gasteiger partial charge is 0.313 e. The van der Waals surface area contributed by atoms with Gasteiger partial charge in [-0.1, -0.05) is 12.1 Å². The van der Waals surface area contributed by atoms with E-state index < -0.39 is 0 Å². The van der Waals surface area contributed by atoms with Crippen LogP contribution in [-0.2, 0) is 6.54 Å². The van der Waals surface area contributed by atoms with Crippen LogP contribution >= 0.6 is 0 Å². The Labute approximate surface area is 98.3 Å². The maximum atomic E-state index is 8.42. The SMILES string of the molecule is Cc1cc(C)c(CNCCCC#N)cc1C. The summed E-state index contributed by atoms with van der Waals surface area (Å²) in [6, 6.07) is 6.64. The van der Waals surface area contributed by atoms with Crippen LogP contribution in [0.15, 0.2) is 12.1 Å². The zero-order valence-corrected chi connectivity index (χ0v) is 10.4. The van der Waals surface area contributed by atoms with Crippen molar-refractivity contribution in [2.24, 2.45) is 0 Å². The molecule has 0 atom stereocenters. The third-order valence-corrected chi connectivity index (χ3v) is 2.91. The molecular weight excluding hydrogens is 196 g/mol. The zero-order chi connectivity index (χ0) is 12.0. The van der Waals surface area contributed by atoms with Crippen molar-refractivity contribution >= 4 is 0 Å². The Hall–Kier alpha value is -1.33. The van der Waals surface area contributed by atoms with Crippen molar-refractivity contribution < 1.29 is 0 Å². The molecule has 1 aromatic carbocycles. The van der Waals surface area contributed by atoms with Gasteiger partial charge in [-0.15, -0.1) is 0 Å². The summed E-state index contributed by atoms with van der Waals surface area (Å²) in [7, 11) is 0. The number of aryl methyl sites for hydroxylation is 3. The molecule has 1 aromatic rings. The van der Waals surface area contributed by atoms with Crippen molar-refractivity contribution in [3.8, 4) is 6.07 Å². The summed E-state index contributed by atoms with van der Waals surface area (Å²) in [5, 5.41) is 11.8. The second kappa shape index (κ2) is 6.30. The van der Waals surface area contributed by atoms with E-state index in [4.69, 9.17) is 5.26 Å². The van der Waals surface area contributed by atoms with E-state index in [1.807, 2.05) is 0 Å². The summed E-state index contributed by atoms with van der Waals surface area (Å²) in [5.74, 6) is 0. The summed E-state index contributed by atoms with van der Waals surface area (Å²) >= 11 is 0. The van der Waals surface area contributed by atoms with Gasteiger partial charge in [-0.25, -0.2) is 0 Å². The average Bonchev–Trinajstić information content (AvgIpc) is 2.25. The molecule has 0 spiro atoms. The first-order valence-corrected chi connectivity index (χ1v) is 5.79. The Morgan fingerprint density at radius 3 is 2.50 bits per heavy atom. The third-order valence-electron chi connectivity index (χ3n) is 2.91. The predicted octanol–water partition coefficient (Wildman–Crippen LogP) is 3.01. The summed E-state index contributed by atoms with van der Waals surface area (Å²) < 4.78 is 0. The molecule has 1 rings (SSSR count). The molecule has 16 heavy (non-hydrogen) atoms. The fourth-order valence-corrected chi connectivity index (χ4v) is 1.73. The minimum atomic E-state index is 0.638. The summed E-state index contributed by atoms with van der Waals surface area (Å²) in [4.78, 5) is 0. The van der Waals surface area contributed by atoms with Crippen molar-refractivity contribution in [1.82, 2.24) is 5.32 Å². The highest BCUT2D eigenvalue weighted by atomic mass is 14.8. The van der Waals surface area contributed by atoms with Crippen LogP contribution in [-0.4, -0.2) is 6.54 Å². The molecule has 0 aliphatic heterocycles. The van der Waals surface area contributed by atoms with Crippen molar-refractivity contribution in [2.75, 3.05) is 6.54 Å². The van der Waals surface area contributed by atoms with E-state index in [1.165, 1.54) is 22.3 Å². The first-order chi connectivity index (χ1) is 7.65. The van der Waals surface area contributed by atoms with Crippen molar-refractivity contribution in [1.29, 1.82) is 5.26 Å². The van der Waals surface area contributed by atoms with Gasteiger partial charge in [-0.3, -0.25) is 0 Å². The molecule has 0 saturated heterocycles. The lowest BCUT2D eigenvalue weighted by Gasteiger charge is -2.10. The zero-order valence-electron chi connectivity index (χ0n) is 10.4. The first kappa shape index (κ1) is 12.7. The van der Waals surface area contributed by atoms with Crippen LogP contribution in [0.1, 0.15) is 35.1 Å². The number of unbranched alkanes of at least 4 members (excludes halogenated alkanes) is 1. The Kier molecular flexibility index (Phi) is 5.01. The van der Waals surface area contributed by atoms with Crippen LogP contribution < -0.4 is 5.32 Å². The molecule has 0 unspecified atom stereocenters. The number of hydrogen-bond donors (Lipinski definition) is 1. The Balaban J connectivity index is 2.48. The number of nitrogens with one attached hydrogen (secondary N) is 1. The van der Waals surface area contributed by atoms with E-state index in [9.17, 15) is 0 Å². The highest BCUT2D eigenvalue weighted by molar-refractivity contribution is 5.36. The van der Waals surface area contributed by atoms with Crippen LogP contribution in [0.4, 0.5) is 0 Å². The minimum absolute atomic E-state index is 0.638. The van der Waals surface area contributed by atoms with Crippen LogP contribution in [0.3, 0.4) is 0 Å². The van der Waals surface area contributed by atoms with Gasteiger partial charge in [0.05, 0.1) is 6.07 Å². The van der Waals surface area contributed by atoms with Crippen molar-refractivity contribution in [3.63, 3.8) is 0 Å². The lowest BCUT2D eigenvalue weighted by atomic mass is 10.0. The Bertz CT molecular complexity index is 388. The van der Waals surface area contributed by atoms with Gasteiger partial charge >= 0.3 is 0 Å². The molecule has 0 aliphatic carbocycles. The van der Waals surface area contributed by atoms with E-state index in [0.29, 0.717) is 6.42 Å². The quantitative estimate of drug-likeness (QED) is 0.768. The predicted molar refractivity (Wildman–Crippen MR) is 67.2 cm³/mol. The van der Waals surface area contributed by atoms with Crippen molar-refractivity contribution in [3.05, 3.63) is 34.4 Å². The van der Waals surface area contributed by atoms with Gasteiger partial charge in [-0.2, -0.15) is 5.26 Å². The second-order valence-corrected chi connectivity index (χ2v) is 4.30. The van der Waals surface area contributed by atoms with Gasteiger partial charge in [-0.05, 0) is 56.0 Å². The fraction of sp³-hybridized carbons (Fsp3) is 0.500. The maximum Gasteiger partial charge on any atom is 0.0622 e. The molecule has 0 amide bonds. The smallest absolute Gasteiger partial charge is 0.0622 e. The molecule has 0 saturated carbocycles. The van der Waals surface area contributed by atoms with Crippen LogP contribution in [0.2, 0.25) is 0 Å². The summed E-state index contributed by atoms with van der Waals surface area (Å²) in [5.41, 5.74) is 5.40. The summed E-state index contributed by atoms with van der Waals surface area (Å²) in [6.45, 7) is 8.26. The van der Waals surface area contributed by atoms with Gasteiger partial charge in [0.25, 0.3) is 0 Å². The molecule has 0 heterocycles. The van der Waals surface area contributed by atoms with Crippen LogP contribution in [0.25, 0.3) is 0 Å². The number of benzene rings is 1. The minimum Gasteiger partial charge on any atom is -0.313 e. The van der Waals surface area contributed by atoms with E-state index in [1.54, 1.807) is 0 Å². The molecule has 2 heteroatoms. The number of rotatable bonds is 5. The molecule has 1 N–H and O–H groups in total. The van der Waals surface area contributed by atoms with E-state index >= 15 is 0 Å². The van der Waals surface area contributed by atoms with E-state index in [0.717, 1.165) is 19.5 Å². The first-order valence-electron chi connectivity index (χ1n) is 5.79. The number of nitriles is 1. The Morgan fingerprint density at radius 2 is 1.81 bits per heavy atom. The third kappa shape index (κ3) is 3.67. The van der Waals surface area contributed by atoms with Gasteiger partial charge in [0.15, 0.2) is 0 Å². The normalized spacial score (nSPS) is 10.1. The highest BCUT2D eigenvalue weighted by Gasteiger charge is 2.01. The van der Waals surface area contributed by atoms with E-state index in [-0.39, 0.29) is 0 Å². The molecule has 0 radical (unpaired) electrons. The van der Waals surface area contributed by atoms with Crippen molar-refractivity contribution in [2.45, 2.75) is 40.2 Å².